The summed E-state index contributed by atoms with van der Waals surface area (Å²) < 4.78 is 45.2. The highest BCUT2D eigenvalue weighted by molar-refractivity contribution is 7.99. The molecule has 1 atom stereocenters. The molecule has 0 saturated carbocycles. The number of urea groups is 1. The van der Waals surface area contributed by atoms with E-state index in [2.05, 4.69) is 10.6 Å². The second kappa shape index (κ2) is 8.35. The van der Waals surface area contributed by atoms with Gasteiger partial charge in [0.15, 0.2) is 11.6 Å². The van der Waals surface area contributed by atoms with Gasteiger partial charge >= 0.3 is 6.03 Å². The second-order valence-electron chi connectivity index (χ2n) is 5.67. The average Bonchev–Trinajstić information content (AvgIpc) is 2.61. The lowest BCUT2D eigenvalue weighted by atomic mass is 10.0. The summed E-state index contributed by atoms with van der Waals surface area (Å²) in [6, 6.07) is 7.16. The molecule has 1 unspecified atom stereocenters. The highest BCUT2D eigenvalue weighted by Crippen LogP contribution is 2.37. The lowest BCUT2D eigenvalue weighted by Crippen LogP contribution is -2.40. The SMILES string of the molecule is O=C(NCCOc1ccc(F)cc1F)NC1CCSc2c(F)cccc21. The van der Waals surface area contributed by atoms with Crippen LogP contribution >= 0.6 is 11.8 Å². The van der Waals surface area contributed by atoms with Crippen molar-refractivity contribution in [1.82, 2.24) is 10.6 Å². The van der Waals surface area contributed by atoms with Gasteiger partial charge in [0, 0.05) is 16.7 Å². The number of carbonyl (C=O) groups excluding carboxylic acids is 1. The normalized spacial score (nSPS) is 15.9. The Morgan fingerprint density at radius 2 is 2.04 bits per heavy atom. The van der Waals surface area contributed by atoms with Crippen molar-refractivity contribution in [3.63, 3.8) is 0 Å². The quantitative estimate of drug-likeness (QED) is 0.768. The van der Waals surface area contributed by atoms with Crippen molar-refractivity contribution >= 4 is 17.8 Å². The average molecular weight is 382 g/mol. The van der Waals surface area contributed by atoms with E-state index >= 15 is 0 Å². The number of hydrogen-bond donors (Lipinski definition) is 2. The summed E-state index contributed by atoms with van der Waals surface area (Å²) >= 11 is 1.44. The van der Waals surface area contributed by atoms with Crippen LogP contribution in [0.1, 0.15) is 18.0 Å². The summed E-state index contributed by atoms with van der Waals surface area (Å²) in [5.74, 6) is -1.13. The molecule has 2 amide bonds. The number of thioether (sulfide) groups is 1. The van der Waals surface area contributed by atoms with Crippen LogP contribution in [0.4, 0.5) is 18.0 Å². The van der Waals surface area contributed by atoms with Crippen molar-refractivity contribution in [2.24, 2.45) is 0 Å². The Balaban J connectivity index is 1.47. The number of rotatable bonds is 5. The molecule has 2 aromatic rings. The minimum Gasteiger partial charge on any atom is -0.489 e. The van der Waals surface area contributed by atoms with Gasteiger partial charge in [-0.2, -0.15) is 0 Å². The molecule has 0 aromatic heterocycles. The molecule has 0 fully saturated rings. The third-order valence-corrected chi connectivity index (χ3v) is 5.03. The molecule has 8 heteroatoms. The van der Waals surface area contributed by atoms with E-state index in [0.29, 0.717) is 17.1 Å². The van der Waals surface area contributed by atoms with Crippen LogP contribution in [0.15, 0.2) is 41.3 Å². The van der Waals surface area contributed by atoms with Crippen molar-refractivity contribution in [3.8, 4) is 5.75 Å². The molecular formula is C18H17F3N2O2S. The fourth-order valence-corrected chi connectivity index (χ4v) is 3.80. The maximum Gasteiger partial charge on any atom is 0.315 e. The molecule has 1 aliphatic rings. The zero-order valence-electron chi connectivity index (χ0n) is 13.7. The predicted octanol–water partition coefficient (Wildman–Crippen LogP) is 4.02. The zero-order chi connectivity index (χ0) is 18.5. The number of fused-ring (bicyclic) bond motifs is 1. The maximum absolute atomic E-state index is 13.8. The molecule has 2 N–H and O–H groups in total. The van der Waals surface area contributed by atoms with Gasteiger partial charge < -0.3 is 15.4 Å². The van der Waals surface area contributed by atoms with Gasteiger partial charge in [-0.1, -0.05) is 12.1 Å². The Morgan fingerprint density at radius 3 is 2.85 bits per heavy atom. The highest BCUT2D eigenvalue weighted by atomic mass is 32.2. The Labute approximate surface area is 153 Å². The molecule has 3 rings (SSSR count). The second-order valence-corrected chi connectivity index (χ2v) is 6.78. The molecule has 0 radical (unpaired) electrons. The fraction of sp³-hybridized carbons (Fsp3) is 0.278. The van der Waals surface area contributed by atoms with Crippen LogP contribution in [0.5, 0.6) is 5.75 Å². The molecule has 2 aromatic carbocycles. The third kappa shape index (κ3) is 4.43. The van der Waals surface area contributed by atoms with Crippen LogP contribution in [-0.2, 0) is 0 Å². The summed E-state index contributed by atoms with van der Waals surface area (Å²) in [5, 5.41) is 5.41. The molecule has 26 heavy (non-hydrogen) atoms. The van der Waals surface area contributed by atoms with Crippen LogP contribution in [-0.4, -0.2) is 24.9 Å². The smallest absolute Gasteiger partial charge is 0.315 e. The van der Waals surface area contributed by atoms with Gasteiger partial charge in [0.25, 0.3) is 0 Å². The minimum atomic E-state index is -0.798. The van der Waals surface area contributed by atoms with Crippen molar-refractivity contribution < 1.29 is 22.7 Å². The Kier molecular flexibility index (Phi) is 5.92. The van der Waals surface area contributed by atoms with Crippen LogP contribution < -0.4 is 15.4 Å². The van der Waals surface area contributed by atoms with E-state index in [1.165, 1.54) is 23.9 Å². The van der Waals surface area contributed by atoms with E-state index in [9.17, 15) is 18.0 Å². The Hall–Kier alpha value is -2.35. The van der Waals surface area contributed by atoms with Crippen LogP contribution in [0.2, 0.25) is 0 Å². The number of carbonyl (C=O) groups is 1. The first-order valence-corrected chi connectivity index (χ1v) is 9.06. The standard InChI is InChI=1S/C18H17F3N2O2S/c19-11-4-5-16(14(21)10-11)25-8-7-22-18(24)23-15-6-9-26-17-12(15)2-1-3-13(17)20/h1-5,10,15H,6-9H2,(H2,22,23,24). The zero-order valence-corrected chi connectivity index (χ0v) is 14.5. The number of halogens is 3. The predicted molar refractivity (Wildman–Crippen MR) is 92.9 cm³/mol. The van der Waals surface area contributed by atoms with Gasteiger partial charge in [-0.25, -0.2) is 18.0 Å². The monoisotopic (exact) mass is 382 g/mol. The largest absolute Gasteiger partial charge is 0.489 e. The van der Waals surface area contributed by atoms with Gasteiger partial charge in [-0.15, -0.1) is 11.8 Å². The first-order valence-electron chi connectivity index (χ1n) is 8.08. The van der Waals surface area contributed by atoms with Crippen LogP contribution in [0.3, 0.4) is 0 Å². The van der Waals surface area contributed by atoms with Gasteiger partial charge in [0.05, 0.1) is 12.6 Å². The summed E-state index contributed by atoms with van der Waals surface area (Å²) in [7, 11) is 0. The van der Waals surface area contributed by atoms with E-state index < -0.39 is 17.7 Å². The summed E-state index contributed by atoms with van der Waals surface area (Å²) in [5.41, 5.74) is 0.765. The Morgan fingerprint density at radius 1 is 1.19 bits per heavy atom. The number of amides is 2. The first kappa shape index (κ1) is 18.4. The van der Waals surface area contributed by atoms with Crippen LogP contribution in [0, 0.1) is 17.5 Å². The third-order valence-electron chi connectivity index (χ3n) is 3.87. The molecular weight excluding hydrogens is 365 g/mol. The lowest BCUT2D eigenvalue weighted by Gasteiger charge is -2.26. The fourth-order valence-electron chi connectivity index (χ4n) is 2.66. The van der Waals surface area contributed by atoms with Crippen molar-refractivity contribution in [2.75, 3.05) is 18.9 Å². The van der Waals surface area contributed by atoms with Gasteiger partial charge in [-0.3, -0.25) is 0 Å². The summed E-state index contributed by atoms with van der Waals surface area (Å²) in [6.45, 7) is 0.168. The number of benzene rings is 2. The number of hydrogen-bond acceptors (Lipinski definition) is 3. The molecule has 0 bridgehead atoms. The van der Waals surface area contributed by atoms with Gasteiger partial charge in [-0.05, 0) is 30.2 Å². The van der Waals surface area contributed by atoms with E-state index in [1.54, 1.807) is 12.1 Å². The summed E-state index contributed by atoms with van der Waals surface area (Å²) in [4.78, 5) is 12.6. The first-order chi connectivity index (χ1) is 12.5. The molecule has 1 heterocycles. The van der Waals surface area contributed by atoms with Crippen molar-refractivity contribution in [2.45, 2.75) is 17.4 Å². The van der Waals surface area contributed by atoms with Crippen molar-refractivity contribution in [1.29, 1.82) is 0 Å². The Bertz CT molecular complexity index is 804. The molecule has 0 saturated heterocycles. The van der Waals surface area contributed by atoms with E-state index in [0.717, 1.165) is 17.7 Å². The molecule has 1 aliphatic heterocycles. The lowest BCUT2D eigenvalue weighted by molar-refractivity contribution is 0.231. The maximum atomic E-state index is 13.8. The van der Waals surface area contributed by atoms with Crippen molar-refractivity contribution in [3.05, 3.63) is 59.4 Å². The topological polar surface area (TPSA) is 50.4 Å². The van der Waals surface area contributed by atoms with E-state index in [1.807, 2.05) is 0 Å². The molecule has 4 nitrogen and oxygen atoms in total. The molecule has 0 aliphatic carbocycles. The number of ether oxygens (including phenoxy) is 1. The van der Waals surface area contributed by atoms with Gasteiger partial charge in [0.2, 0.25) is 0 Å². The molecule has 138 valence electrons. The number of nitrogens with one attached hydrogen (secondary N) is 2. The highest BCUT2D eigenvalue weighted by Gasteiger charge is 2.24. The van der Waals surface area contributed by atoms with Crippen LogP contribution in [0.25, 0.3) is 0 Å². The van der Waals surface area contributed by atoms with E-state index in [4.69, 9.17) is 4.74 Å². The van der Waals surface area contributed by atoms with E-state index in [-0.39, 0.29) is 30.8 Å². The minimum absolute atomic E-state index is 0.0295. The summed E-state index contributed by atoms with van der Waals surface area (Å²) in [6.07, 6.45) is 0.700. The molecule has 0 spiro atoms. The van der Waals surface area contributed by atoms with Gasteiger partial charge in [0.1, 0.15) is 18.2 Å².